The highest BCUT2D eigenvalue weighted by molar-refractivity contribution is 7.53. The summed E-state index contributed by atoms with van der Waals surface area (Å²) in [6.45, 7) is 3.73. The molecule has 0 aromatic carbocycles. The summed E-state index contributed by atoms with van der Waals surface area (Å²) in [7, 11) is -4.29. The van der Waals surface area contributed by atoms with Gasteiger partial charge in [-0.1, -0.05) is 168 Å². The molecule has 0 radical (unpaired) electrons. The molecule has 0 saturated carbocycles. The van der Waals surface area contributed by atoms with E-state index in [1.165, 1.54) is 122 Å². The molecule has 0 aliphatic rings. The zero-order chi connectivity index (χ0) is 34.9. The van der Waals surface area contributed by atoms with Gasteiger partial charge in [-0.15, -0.1) is 0 Å². The third kappa shape index (κ3) is 34.2. The zero-order valence-corrected chi connectivity index (χ0v) is 31.2. The molecule has 0 saturated heterocycles. The Balaban J connectivity index is 4.20. The fourth-order valence-electron chi connectivity index (χ4n) is 5.64. The summed E-state index contributed by atoms with van der Waals surface area (Å²) in [5.41, 5.74) is 5.02. The molecule has 9 nitrogen and oxygen atoms in total. The number of hydrogen-bond donors (Lipinski definition) is 2. The van der Waals surface area contributed by atoms with Crippen LogP contribution in [-0.4, -0.2) is 48.2 Å². The molecule has 1 unspecified atom stereocenters. The molecule has 0 rings (SSSR count). The molecule has 2 atom stereocenters. The maximum atomic E-state index is 12.5. The minimum atomic E-state index is -4.29. The molecule has 0 fully saturated rings. The number of primary amides is 1. The number of rotatable bonds is 36. The lowest BCUT2D eigenvalue weighted by Gasteiger charge is -2.19. The van der Waals surface area contributed by atoms with Gasteiger partial charge >= 0.3 is 19.5 Å². The first-order valence-corrected chi connectivity index (χ1v) is 21.1. The molecule has 0 aromatic rings. The van der Waals surface area contributed by atoms with Crippen molar-refractivity contribution in [1.29, 1.82) is 0 Å². The predicted molar refractivity (Wildman–Crippen MR) is 191 cm³/mol. The summed E-state index contributed by atoms with van der Waals surface area (Å²) in [5, 5.41) is 0. The highest BCUT2D eigenvalue weighted by Gasteiger charge is 2.26. The quantitative estimate of drug-likeness (QED) is 0.0376. The summed E-state index contributed by atoms with van der Waals surface area (Å²) < 4.78 is 27.8. The second-order valence-electron chi connectivity index (χ2n) is 13.3. The summed E-state index contributed by atoms with van der Waals surface area (Å²) in [5.74, 6) is -1.86. The van der Waals surface area contributed by atoms with Crippen LogP contribution in [0.1, 0.15) is 194 Å². The lowest BCUT2D eigenvalue weighted by molar-refractivity contribution is -0.161. The van der Waals surface area contributed by atoms with Gasteiger partial charge in [0.05, 0.1) is 6.61 Å². The smallest absolute Gasteiger partial charge is 0.337 e. The van der Waals surface area contributed by atoms with Crippen LogP contribution < -0.4 is 5.73 Å². The van der Waals surface area contributed by atoms with Gasteiger partial charge in [-0.3, -0.25) is 18.9 Å². The largest absolute Gasteiger partial charge is 0.462 e. The van der Waals surface area contributed by atoms with Gasteiger partial charge in [-0.25, -0.2) is 0 Å². The van der Waals surface area contributed by atoms with E-state index in [1.807, 2.05) is 0 Å². The summed E-state index contributed by atoms with van der Waals surface area (Å²) >= 11 is 0. The molecule has 47 heavy (non-hydrogen) atoms. The van der Waals surface area contributed by atoms with E-state index in [0.29, 0.717) is 6.42 Å². The number of nitrogens with two attached hydrogens (primary N) is 1. The van der Waals surface area contributed by atoms with Gasteiger partial charge < -0.3 is 24.6 Å². The minimum absolute atomic E-state index is 0.208. The van der Waals surface area contributed by atoms with Gasteiger partial charge in [-0.05, 0) is 12.8 Å². The molecule has 0 bridgehead atoms. The molecule has 0 aliphatic carbocycles. The summed E-state index contributed by atoms with van der Waals surface area (Å²) in [6.07, 6.45) is 30.0. The maximum Gasteiger partial charge on any atom is 0.337 e. The molecule has 0 aliphatic heterocycles. The Morgan fingerprint density at radius 3 is 1.26 bits per heavy atom. The van der Waals surface area contributed by atoms with Crippen LogP contribution in [0.2, 0.25) is 0 Å². The van der Waals surface area contributed by atoms with Crippen LogP contribution in [0.5, 0.6) is 0 Å². The average molecular weight is 690 g/mol. The first kappa shape index (κ1) is 45.6. The summed E-state index contributed by atoms with van der Waals surface area (Å²) in [4.78, 5) is 45.7. The van der Waals surface area contributed by atoms with Crippen molar-refractivity contribution in [2.24, 2.45) is 5.73 Å². The van der Waals surface area contributed by atoms with Crippen molar-refractivity contribution in [3.8, 4) is 0 Å². The lowest BCUT2D eigenvalue weighted by atomic mass is 10.0. The van der Waals surface area contributed by atoms with Crippen LogP contribution in [0.25, 0.3) is 0 Å². The highest BCUT2D eigenvalue weighted by Crippen LogP contribution is 2.41. The third-order valence-corrected chi connectivity index (χ3v) is 9.78. The van der Waals surface area contributed by atoms with E-state index in [0.717, 1.165) is 38.5 Å². The van der Waals surface area contributed by atoms with Crippen molar-refractivity contribution < 1.29 is 37.8 Å². The number of carbonyl (C=O) groups is 3. The standard InChI is InChI=1S/C37H72NO8P/c1-3-5-7-9-11-13-15-17-19-21-23-25-27-29-36(40)44-31-34(32-45-47(42,43)33-35(38)39)46-37(41)30-28-26-24-22-20-18-16-14-12-10-8-6-4-2/h34H,3-33H2,1-2H3,(H2,38,39)(H,42,43)/t34-/m1/s1. The Hall–Kier alpha value is -1.44. The number of carbonyl (C=O) groups excluding carboxylic acids is 3. The predicted octanol–water partition coefficient (Wildman–Crippen LogP) is 10.1. The Morgan fingerprint density at radius 2 is 0.894 bits per heavy atom. The van der Waals surface area contributed by atoms with Crippen molar-refractivity contribution in [2.45, 2.75) is 200 Å². The first-order chi connectivity index (χ1) is 22.7. The molecule has 1 amide bonds. The Labute approximate surface area is 287 Å². The molecule has 0 spiro atoms. The van der Waals surface area contributed by atoms with Crippen molar-refractivity contribution in [3.05, 3.63) is 0 Å². The van der Waals surface area contributed by atoms with Crippen LogP contribution in [0, 0.1) is 0 Å². The Bertz CT molecular complexity index is 809. The van der Waals surface area contributed by atoms with Gasteiger partial charge in [0.25, 0.3) is 0 Å². The highest BCUT2D eigenvalue weighted by atomic mass is 31.2. The number of unbranched alkanes of at least 4 members (excludes halogenated alkanes) is 24. The Morgan fingerprint density at radius 1 is 0.553 bits per heavy atom. The van der Waals surface area contributed by atoms with Crippen molar-refractivity contribution >= 4 is 25.4 Å². The SMILES string of the molecule is CCCCCCCCCCCCCCCC(=O)OC[C@H](COP(=O)(O)CC(N)=O)OC(=O)CCCCCCCCCCCCCCC. The van der Waals surface area contributed by atoms with Crippen LogP contribution in [0.4, 0.5) is 0 Å². The zero-order valence-electron chi connectivity index (χ0n) is 30.3. The van der Waals surface area contributed by atoms with Crippen LogP contribution in [-0.2, 0) is 32.9 Å². The fraction of sp³-hybridized carbons (Fsp3) is 0.919. The second kappa shape index (κ2) is 33.1. The molecule has 10 heteroatoms. The fourth-order valence-corrected chi connectivity index (χ4v) is 6.52. The van der Waals surface area contributed by atoms with Gasteiger partial charge in [0, 0.05) is 12.8 Å². The molecule has 0 heterocycles. The van der Waals surface area contributed by atoms with E-state index in [-0.39, 0.29) is 19.4 Å². The van der Waals surface area contributed by atoms with Crippen molar-refractivity contribution in [2.75, 3.05) is 19.4 Å². The topological polar surface area (TPSA) is 142 Å². The van der Waals surface area contributed by atoms with Crippen molar-refractivity contribution in [3.63, 3.8) is 0 Å². The molecular weight excluding hydrogens is 617 g/mol. The third-order valence-electron chi connectivity index (χ3n) is 8.52. The van der Waals surface area contributed by atoms with Gasteiger partial charge in [0.2, 0.25) is 5.91 Å². The number of esters is 2. The summed E-state index contributed by atoms with van der Waals surface area (Å²) in [6, 6.07) is 0. The minimum Gasteiger partial charge on any atom is -0.462 e. The van der Waals surface area contributed by atoms with Gasteiger partial charge in [-0.2, -0.15) is 0 Å². The molecule has 278 valence electrons. The van der Waals surface area contributed by atoms with E-state index in [4.69, 9.17) is 19.7 Å². The monoisotopic (exact) mass is 689 g/mol. The van der Waals surface area contributed by atoms with Crippen molar-refractivity contribution in [1.82, 2.24) is 0 Å². The molecule has 3 N–H and O–H groups in total. The van der Waals surface area contributed by atoms with Crippen LogP contribution in [0.3, 0.4) is 0 Å². The van der Waals surface area contributed by atoms with Crippen LogP contribution in [0.15, 0.2) is 0 Å². The van der Waals surface area contributed by atoms with E-state index < -0.39 is 44.3 Å². The van der Waals surface area contributed by atoms with E-state index in [1.54, 1.807) is 0 Å². The maximum absolute atomic E-state index is 12.5. The first-order valence-electron chi connectivity index (χ1n) is 19.3. The second-order valence-corrected chi connectivity index (χ2v) is 15.2. The van der Waals surface area contributed by atoms with Crippen LogP contribution >= 0.6 is 7.60 Å². The molecule has 0 aromatic heterocycles. The van der Waals surface area contributed by atoms with Gasteiger partial charge in [0.1, 0.15) is 12.8 Å². The van der Waals surface area contributed by atoms with E-state index in [9.17, 15) is 23.8 Å². The van der Waals surface area contributed by atoms with Gasteiger partial charge in [0.15, 0.2) is 6.10 Å². The number of ether oxygens (including phenoxy) is 2. The van der Waals surface area contributed by atoms with E-state index in [2.05, 4.69) is 13.8 Å². The average Bonchev–Trinajstić information content (AvgIpc) is 3.02. The number of amides is 1. The normalized spacial score (nSPS) is 13.3. The lowest BCUT2D eigenvalue weighted by Crippen LogP contribution is -2.30. The molecular formula is C37H72NO8P. The Kier molecular flexibility index (Phi) is 32.1. The number of hydrogen-bond acceptors (Lipinski definition) is 7. The van der Waals surface area contributed by atoms with E-state index >= 15 is 0 Å².